The van der Waals surface area contributed by atoms with E-state index in [9.17, 15) is 4.79 Å². The number of aryl methyl sites for hydroxylation is 1. The Morgan fingerprint density at radius 1 is 1.17 bits per heavy atom. The monoisotopic (exact) mass is 494 g/mol. The fourth-order valence-electron chi connectivity index (χ4n) is 4.47. The van der Waals surface area contributed by atoms with E-state index in [1.807, 2.05) is 18.2 Å². The standard InChI is InChI=1S/C26H24ClFN4O3/c1-14-15(2)30-23-13-21(16-7-9-35-22(10-16)17-6-8-29-24(11-17)34-3)31-25(32(23)26(14)33)19-5-4-18(27)12-20(19)28/h4-6,8,11-13,16,22H,7,9-10H2,1-3H3/t16-,22+/m1/s1. The predicted molar refractivity (Wildman–Crippen MR) is 131 cm³/mol. The second-order valence-electron chi connectivity index (χ2n) is 8.66. The van der Waals surface area contributed by atoms with Gasteiger partial charge in [-0.25, -0.2) is 23.7 Å². The lowest BCUT2D eigenvalue weighted by molar-refractivity contribution is 0.00448. The van der Waals surface area contributed by atoms with E-state index in [4.69, 9.17) is 26.1 Å². The van der Waals surface area contributed by atoms with Gasteiger partial charge in [-0.05, 0) is 56.5 Å². The van der Waals surface area contributed by atoms with Crippen LogP contribution in [0.3, 0.4) is 0 Å². The lowest BCUT2D eigenvalue weighted by Crippen LogP contribution is -2.24. The molecule has 0 N–H and O–H groups in total. The lowest BCUT2D eigenvalue weighted by atomic mass is 9.89. The highest BCUT2D eigenvalue weighted by molar-refractivity contribution is 6.30. The molecule has 0 bridgehead atoms. The molecular formula is C26H24ClFN4O3. The number of rotatable bonds is 4. The van der Waals surface area contributed by atoms with E-state index >= 15 is 4.39 Å². The molecule has 1 saturated heterocycles. The number of benzene rings is 1. The van der Waals surface area contributed by atoms with Crippen LogP contribution < -0.4 is 10.3 Å². The van der Waals surface area contributed by atoms with Crippen molar-refractivity contribution >= 4 is 17.2 Å². The van der Waals surface area contributed by atoms with E-state index in [1.54, 1.807) is 39.3 Å². The molecule has 0 aliphatic carbocycles. The number of hydrogen-bond acceptors (Lipinski definition) is 6. The predicted octanol–water partition coefficient (Wildman–Crippen LogP) is 5.20. The summed E-state index contributed by atoms with van der Waals surface area (Å²) in [6, 6.07) is 9.94. The third kappa shape index (κ3) is 4.39. The summed E-state index contributed by atoms with van der Waals surface area (Å²) in [7, 11) is 1.58. The summed E-state index contributed by atoms with van der Waals surface area (Å²) in [6.45, 7) is 4.03. The third-order valence-corrected chi connectivity index (χ3v) is 6.75. The molecular weight excluding hydrogens is 471 g/mol. The van der Waals surface area contributed by atoms with Crippen molar-refractivity contribution in [2.24, 2.45) is 0 Å². The smallest absolute Gasteiger partial charge is 0.262 e. The van der Waals surface area contributed by atoms with Crippen LogP contribution in [0, 0.1) is 19.7 Å². The van der Waals surface area contributed by atoms with E-state index in [2.05, 4.69) is 9.97 Å². The number of hydrogen-bond donors (Lipinski definition) is 0. The highest BCUT2D eigenvalue weighted by Crippen LogP contribution is 2.38. The first kappa shape index (κ1) is 23.4. The molecule has 7 nitrogen and oxygen atoms in total. The number of methoxy groups -OCH3 is 1. The molecule has 0 unspecified atom stereocenters. The fourth-order valence-corrected chi connectivity index (χ4v) is 4.62. The van der Waals surface area contributed by atoms with Crippen LogP contribution in [0.4, 0.5) is 4.39 Å². The molecule has 1 aliphatic heterocycles. The second kappa shape index (κ2) is 9.36. The van der Waals surface area contributed by atoms with Crippen molar-refractivity contribution in [1.29, 1.82) is 0 Å². The van der Waals surface area contributed by atoms with Crippen LogP contribution >= 0.6 is 11.6 Å². The van der Waals surface area contributed by atoms with Crippen molar-refractivity contribution in [2.75, 3.05) is 13.7 Å². The van der Waals surface area contributed by atoms with Crippen LogP contribution in [0.5, 0.6) is 5.88 Å². The molecule has 0 saturated carbocycles. The molecule has 0 amide bonds. The summed E-state index contributed by atoms with van der Waals surface area (Å²) in [4.78, 5) is 26.8. The Morgan fingerprint density at radius 3 is 2.77 bits per heavy atom. The molecule has 1 aliphatic rings. The highest BCUT2D eigenvalue weighted by Gasteiger charge is 2.28. The molecule has 4 heterocycles. The van der Waals surface area contributed by atoms with Gasteiger partial charge in [0, 0.05) is 52.8 Å². The van der Waals surface area contributed by atoms with E-state index < -0.39 is 5.82 Å². The molecule has 180 valence electrons. The first-order valence-electron chi connectivity index (χ1n) is 11.3. The summed E-state index contributed by atoms with van der Waals surface area (Å²) >= 11 is 5.98. The summed E-state index contributed by atoms with van der Waals surface area (Å²) in [5.74, 6) is 0.195. The van der Waals surface area contributed by atoms with Crippen LogP contribution in [0.1, 0.15) is 47.4 Å². The molecule has 4 aromatic rings. The Kier molecular flexibility index (Phi) is 6.25. The Morgan fingerprint density at radius 2 is 2.00 bits per heavy atom. The average Bonchev–Trinajstić information content (AvgIpc) is 2.87. The minimum Gasteiger partial charge on any atom is -0.481 e. The number of fused-ring (bicyclic) bond motifs is 1. The number of aromatic nitrogens is 4. The maximum absolute atomic E-state index is 15.0. The number of pyridine rings is 1. The number of ether oxygens (including phenoxy) is 2. The maximum atomic E-state index is 15.0. The van der Waals surface area contributed by atoms with Crippen LogP contribution in [-0.4, -0.2) is 33.1 Å². The van der Waals surface area contributed by atoms with Gasteiger partial charge in [0.2, 0.25) is 5.88 Å². The Hall–Kier alpha value is -3.36. The first-order valence-corrected chi connectivity index (χ1v) is 11.7. The van der Waals surface area contributed by atoms with Crippen molar-refractivity contribution in [3.63, 3.8) is 0 Å². The topological polar surface area (TPSA) is 78.6 Å². The van der Waals surface area contributed by atoms with Gasteiger partial charge < -0.3 is 9.47 Å². The van der Waals surface area contributed by atoms with Gasteiger partial charge in [-0.1, -0.05) is 11.6 Å². The van der Waals surface area contributed by atoms with E-state index in [-0.39, 0.29) is 34.0 Å². The summed E-state index contributed by atoms with van der Waals surface area (Å²) in [6.07, 6.45) is 2.92. The Balaban J connectivity index is 1.64. The molecule has 35 heavy (non-hydrogen) atoms. The van der Waals surface area contributed by atoms with Gasteiger partial charge >= 0.3 is 0 Å². The van der Waals surface area contributed by atoms with Crippen molar-refractivity contribution in [1.82, 2.24) is 19.4 Å². The second-order valence-corrected chi connectivity index (χ2v) is 9.10. The lowest BCUT2D eigenvalue weighted by Gasteiger charge is -2.30. The van der Waals surface area contributed by atoms with Gasteiger partial charge in [0.25, 0.3) is 5.56 Å². The Bertz CT molecular complexity index is 1490. The molecule has 0 radical (unpaired) electrons. The molecule has 0 spiro atoms. The zero-order valence-corrected chi connectivity index (χ0v) is 20.3. The van der Waals surface area contributed by atoms with Gasteiger partial charge in [-0.3, -0.25) is 4.79 Å². The van der Waals surface area contributed by atoms with Gasteiger partial charge in [0.15, 0.2) is 5.82 Å². The summed E-state index contributed by atoms with van der Waals surface area (Å²) in [5.41, 5.74) is 3.17. The molecule has 5 rings (SSSR count). The SMILES string of the molecule is COc1cc([C@@H]2C[C@H](c3cc4nc(C)c(C)c(=O)n4c(-c4ccc(Cl)cc4F)n3)CCO2)ccn1. The van der Waals surface area contributed by atoms with Crippen molar-refractivity contribution in [3.8, 4) is 17.3 Å². The average molecular weight is 495 g/mol. The summed E-state index contributed by atoms with van der Waals surface area (Å²) in [5, 5.41) is 0.268. The molecule has 2 atom stereocenters. The van der Waals surface area contributed by atoms with Crippen LogP contribution in [0.15, 0.2) is 47.4 Å². The zero-order valence-electron chi connectivity index (χ0n) is 19.6. The maximum Gasteiger partial charge on any atom is 0.262 e. The zero-order chi connectivity index (χ0) is 24.7. The largest absolute Gasteiger partial charge is 0.481 e. The molecule has 1 fully saturated rings. The normalized spacial score (nSPS) is 18.1. The van der Waals surface area contributed by atoms with Crippen molar-refractivity contribution < 1.29 is 13.9 Å². The number of halogens is 2. The van der Waals surface area contributed by atoms with E-state index in [0.717, 1.165) is 17.7 Å². The van der Waals surface area contributed by atoms with Gasteiger partial charge in [0.1, 0.15) is 11.5 Å². The molecule has 1 aromatic carbocycles. The quantitative estimate of drug-likeness (QED) is 0.388. The van der Waals surface area contributed by atoms with Crippen molar-refractivity contribution in [3.05, 3.63) is 86.3 Å². The van der Waals surface area contributed by atoms with Gasteiger partial charge in [-0.2, -0.15) is 0 Å². The van der Waals surface area contributed by atoms with Crippen molar-refractivity contribution in [2.45, 2.75) is 38.7 Å². The fraction of sp³-hybridized carbons (Fsp3) is 0.308. The van der Waals surface area contributed by atoms with Gasteiger partial charge in [-0.15, -0.1) is 0 Å². The Labute approximate surface area is 206 Å². The first-order chi connectivity index (χ1) is 16.9. The molecule has 3 aromatic heterocycles. The van der Waals surface area contributed by atoms with Crippen LogP contribution in [-0.2, 0) is 4.74 Å². The highest BCUT2D eigenvalue weighted by atomic mass is 35.5. The number of nitrogens with zero attached hydrogens (tertiary/aromatic N) is 4. The van der Waals surface area contributed by atoms with Crippen LogP contribution in [0.2, 0.25) is 5.02 Å². The summed E-state index contributed by atoms with van der Waals surface area (Å²) < 4.78 is 27.7. The van der Waals surface area contributed by atoms with E-state index in [1.165, 1.54) is 10.5 Å². The third-order valence-electron chi connectivity index (χ3n) is 6.52. The van der Waals surface area contributed by atoms with E-state index in [0.29, 0.717) is 35.8 Å². The molecule has 9 heteroatoms. The van der Waals surface area contributed by atoms with Crippen LogP contribution in [0.25, 0.3) is 17.0 Å². The van der Waals surface area contributed by atoms with Gasteiger partial charge in [0.05, 0.1) is 18.8 Å². The minimum absolute atomic E-state index is 0.0190. The minimum atomic E-state index is -0.553.